The minimum Gasteiger partial charge on any atom is -0.508 e. The number of phenols is 1. The highest BCUT2D eigenvalue weighted by Crippen LogP contribution is 2.30. The molecule has 0 atom stereocenters. The number of nitrogens with two attached hydrogens (primary N) is 1. The van der Waals surface area contributed by atoms with Crippen molar-refractivity contribution in [2.24, 2.45) is 0 Å². The fourth-order valence-corrected chi connectivity index (χ4v) is 3.48. The summed E-state index contributed by atoms with van der Waals surface area (Å²) in [7, 11) is 0. The van der Waals surface area contributed by atoms with Gasteiger partial charge in [0, 0.05) is 29.5 Å². The van der Waals surface area contributed by atoms with Gasteiger partial charge in [0.1, 0.15) is 22.7 Å². The number of aromatic hydroxyl groups is 1. The number of carbonyl (C=O) groups excluding carboxylic acids is 1. The second kappa shape index (κ2) is 8.30. The number of nitrogen functional groups attached to an aromatic ring is 1. The number of hydrogen-bond acceptors (Lipinski definition) is 9. The number of rotatable bonds is 6. The Balaban J connectivity index is 1.88. The number of benzene rings is 1. The minimum absolute atomic E-state index is 0.0339. The molecule has 3 N–H and O–H groups in total. The van der Waals surface area contributed by atoms with Crippen molar-refractivity contribution in [3.8, 4) is 5.75 Å². The van der Waals surface area contributed by atoms with Gasteiger partial charge in [0.25, 0.3) is 0 Å². The Bertz CT molecular complexity index is 1100. The summed E-state index contributed by atoms with van der Waals surface area (Å²) in [6.07, 6.45) is 1.97. The number of thioether (sulfide) groups is 1. The van der Waals surface area contributed by atoms with Gasteiger partial charge in [-0.3, -0.25) is 0 Å². The highest BCUT2D eigenvalue weighted by atomic mass is 32.2. The van der Waals surface area contributed by atoms with Crippen LogP contribution in [-0.2, 0) is 16.9 Å². The average Bonchev–Trinajstić information content (AvgIpc) is 2.65. The molecule has 2 aromatic heterocycles. The summed E-state index contributed by atoms with van der Waals surface area (Å²) in [5.74, 6) is -0.0656. The van der Waals surface area contributed by atoms with Crippen LogP contribution in [0.25, 0.3) is 11.0 Å². The molecule has 2 heterocycles. The zero-order valence-corrected chi connectivity index (χ0v) is 16.2. The van der Waals surface area contributed by atoms with Gasteiger partial charge in [-0.1, -0.05) is 18.7 Å². The molecular formula is C19H19N3O5S. The number of aromatic nitrogens is 2. The summed E-state index contributed by atoms with van der Waals surface area (Å²) in [5, 5.41) is 11.1. The van der Waals surface area contributed by atoms with Crippen LogP contribution in [-0.4, -0.2) is 27.7 Å². The van der Waals surface area contributed by atoms with Crippen LogP contribution in [0.1, 0.15) is 35.3 Å². The van der Waals surface area contributed by atoms with Crippen molar-refractivity contribution >= 4 is 34.5 Å². The Morgan fingerprint density at radius 2 is 2.07 bits per heavy atom. The molecule has 0 amide bonds. The molecule has 0 fully saturated rings. The minimum atomic E-state index is -0.574. The van der Waals surface area contributed by atoms with Gasteiger partial charge in [0.2, 0.25) is 0 Å². The lowest BCUT2D eigenvalue weighted by atomic mass is 10.1. The molecule has 0 aliphatic heterocycles. The zero-order valence-electron chi connectivity index (χ0n) is 15.4. The molecule has 8 nitrogen and oxygen atoms in total. The van der Waals surface area contributed by atoms with Crippen molar-refractivity contribution in [1.82, 2.24) is 9.97 Å². The molecule has 9 heteroatoms. The van der Waals surface area contributed by atoms with Crippen LogP contribution in [0.3, 0.4) is 0 Å². The van der Waals surface area contributed by atoms with Crippen LogP contribution in [0.15, 0.2) is 38.8 Å². The standard InChI is InChI=1S/C19H19N3O5S/c1-3-10-5-12-11(6-16(24)27-15(12)7-14(10)23)9-28-19-21-8-13(17(20)22-19)18(25)26-4-2/h5-8,23H,3-4,9H2,1-2H3,(H2,20,21,22). The number of ether oxygens (including phenoxy) is 1. The second-order valence-corrected chi connectivity index (χ2v) is 6.82. The first kappa shape index (κ1) is 19.7. The van der Waals surface area contributed by atoms with E-state index in [0.29, 0.717) is 22.9 Å². The molecule has 3 rings (SSSR count). The maximum atomic E-state index is 11.9. The van der Waals surface area contributed by atoms with Gasteiger partial charge in [-0.15, -0.1) is 0 Å². The highest BCUT2D eigenvalue weighted by molar-refractivity contribution is 7.98. The predicted molar refractivity (Wildman–Crippen MR) is 105 cm³/mol. The molecule has 0 radical (unpaired) electrons. The highest BCUT2D eigenvalue weighted by Gasteiger charge is 2.15. The van der Waals surface area contributed by atoms with Gasteiger partial charge >= 0.3 is 11.6 Å². The van der Waals surface area contributed by atoms with Crippen molar-refractivity contribution in [2.75, 3.05) is 12.3 Å². The van der Waals surface area contributed by atoms with Crippen LogP contribution >= 0.6 is 11.8 Å². The van der Waals surface area contributed by atoms with Gasteiger partial charge in [-0.2, -0.15) is 0 Å². The molecule has 28 heavy (non-hydrogen) atoms. The normalized spacial score (nSPS) is 10.9. The Kier molecular flexibility index (Phi) is 5.84. The first-order chi connectivity index (χ1) is 13.4. The number of hydrogen-bond donors (Lipinski definition) is 2. The summed E-state index contributed by atoms with van der Waals surface area (Å²) in [6.45, 7) is 3.85. The lowest BCUT2D eigenvalue weighted by Crippen LogP contribution is -2.10. The van der Waals surface area contributed by atoms with Crippen molar-refractivity contribution in [3.63, 3.8) is 0 Å². The number of esters is 1. The van der Waals surface area contributed by atoms with E-state index in [9.17, 15) is 14.7 Å². The van der Waals surface area contributed by atoms with Gasteiger partial charge in [0.05, 0.1) is 6.61 Å². The van der Waals surface area contributed by atoms with Crippen molar-refractivity contribution in [3.05, 3.63) is 51.5 Å². The molecule has 1 aromatic carbocycles. The molecular weight excluding hydrogens is 382 g/mol. The average molecular weight is 401 g/mol. The number of aryl methyl sites for hydroxylation is 1. The molecule has 0 spiro atoms. The maximum Gasteiger partial charge on any atom is 0.343 e. The zero-order chi connectivity index (χ0) is 20.3. The van der Waals surface area contributed by atoms with Crippen LogP contribution in [0.5, 0.6) is 5.75 Å². The molecule has 0 saturated carbocycles. The number of fused-ring (bicyclic) bond motifs is 1. The summed E-state index contributed by atoms with van der Waals surface area (Å²) >= 11 is 1.27. The van der Waals surface area contributed by atoms with E-state index < -0.39 is 11.6 Å². The largest absolute Gasteiger partial charge is 0.508 e. The fraction of sp³-hybridized carbons (Fsp3) is 0.263. The fourth-order valence-electron chi connectivity index (χ4n) is 2.67. The molecule has 3 aromatic rings. The Labute approximate surface area is 164 Å². The number of carbonyl (C=O) groups is 1. The van der Waals surface area contributed by atoms with Gasteiger partial charge in [-0.25, -0.2) is 19.6 Å². The van der Waals surface area contributed by atoms with E-state index in [1.54, 1.807) is 6.92 Å². The quantitative estimate of drug-likeness (QED) is 0.277. The molecule has 146 valence electrons. The van der Waals surface area contributed by atoms with Gasteiger partial charge in [0.15, 0.2) is 5.16 Å². The second-order valence-electron chi connectivity index (χ2n) is 5.88. The predicted octanol–water partition coefficient (Wildman–Crippen LogP) is 2.90. The lowest BCUT2D eigenvalue weighted by molar-refractivity contribution is 0.0526. The van der Waals surface area contributed by atoms with E-state index in [1.165, 1.54) is 30.1 Å². The van der Waals surface area contributed by atoms with Crippen LogP contribution < -0.4 is 11.4 Å². The monoisotopic (exact) mass is 401 g/mol. The molecule has 0 saturated heterocycles. The molecule has 0 aliphatic rings. The van der Waals surface area contributed by atoms with Crippen LogP contribution in [0.2, 0.25) is 0 Å². The Morgan fingerprint density at radius 3 is 2.75 bits per heavy atom. The lowest BCUT2D eigenvalue weighted by Gasteiger charge is -2.09. The summed E-state index contributed by atoms with van der Waals surface area (Å²) in [6, 6.07) is 4.66. The van der Waals surface area contributed by atoms with Gasteiger partial charge in [-0.05, 0) is 30.5 Å². The first-order valence-electron chi connectivity index (χ1n) is 8.64. The van der Waals surface area contributed by atoms with Crippen molar-refractivity contribution in [1.29, 1.82) is 0 Å². The number of phenolic OH excluding ortho intramolecular Hbond substituents is 1. The van der Waals surface area contributed by atoms with E-state index in [1.807, 2.05) is 13.0 Å². The van der Waals surface area contributed by atoms with E-state index in [0.717, 1.165) is 16.5 Å². The Morgan fingerprint density at radius 1 is 1.29 bits per heavy atom. The van der Waals surface area contributed by atoms with E-state index in [2.05, 4.69) is 9.97 Å². The summed E-state index contributed by atoms with van der Waals surface area (Å²) < 4.78 is 10.1. The summed E-state index contributed by atoms with van der Waals surface area (Å²) in [4.78, 5) is 31.9. The first-order valence-corrected chi connectivity index (χ1v) is 9.62. The van der Waals surface area contributed by atoms with Crippen LogP contribution in [0.4, 0.5) is 5.82 Å². The van der Waals surface area contributed by atoms with Crippen molar-refractivity contribution in [2.45, 2.75) is 31.2 Å². The third-order valence-corrected chi connectivity index (χ3v) is 4.97. The van der Waals surface area contributed by atoms with Crippen LogP contribution in [0, 0.1) is 0 Å². The Hall–Kier alpha value is -3.07. The molecule has 0 unspecified atom stereocenters. The maximum absolute atomic E-state index is 11.9. The third-order valence-electron chi connectivity index (χ3n) is 4.06. The topological polar surface area (TPSA) is 129 Å². The van der Waals surface area contributed by atoms with Gasteiger partial charge < -0.3 is 20.0 Å². The molecule has 0 aliphatic carbocycles. The summed E-state index contributed by atoms with van der Waals surface area (Å²) in [5.41, 5.74) is 7.23. The van der Waals surface area contributed by atoms with E-state index >= 15 is 0 Å². The van der Waals surface area contributed by atoms with E-state index in [-0.39, 0.29) is 23.7 Å². The number of nitrogens with zero attached hydrogens (tertiary/aromatic N) is 2. The smallest absolute Gasteiger partial charge is 0.343 e. The SMILES string of the molecule is CCOC(=O)c1cnc(SCc2cc(=O)oc3cc(O)c(CC)cc23)nc1N. The van der Waals surface area contributed by atoms with Crippen molar-refractivity contribution < 1.29 is 19.1 Å². The number of anilines is 1. The molecule has 0 bridgehead atoms. The van der Waals surface area contributed by atoms with E-state index in [4.69, 9.17) is 14.9 Å². The third kappa shape index (κ3) is 4.09.